The second kappa shape index (κ2) is 5.34. The molecule has 0 radical (unpaired) electrons. The van der Waals surface area contributed by atoms with Crippen molar-refractivity contribution in [2.45, 2.75) is 18.2 Å². The van der Waals surface area contributed by atoms with Crippen LogP contribution in [-0.4, -0.2) is 25.4 Å². The van der Waals surface area contributed by atoms with Crippen LogP contribution in [0.2, 0.25) is 0 Å². The summed E-state index contributed by atoms with van der Waals surface area (Å²) in [5.74, 6) is 1.36. The van der Waals surface area contributed by atoms with Crippen molar-refractivity contribution in [3.8, 4) is 0 Å². The minimum Gasteiger partial charge on any atom is -0.447 e. The monoisotopic (exact) mass is 270 g/mol. The molecule has 8 heteroatoms. The minimum absolute atomic E-state index is 0.0835. The zero-order chi connectivity index (χ0) is 13.0. The van der Waals surface area contributed by atoms with Crippen molar-refractivity contribution in [2.24, 2.45) is 0 Å². The van der Waals surface area contributed by atoms with Gasteiger partial charge in [-0.15, -0.1) is 0 Å². The van der Waals surface area contributed by atoms with E-state index in [0.717, 1.165) is 5.82 Å². The number of hydrogen-bond donors (Lipinski definition) is 3. The molecule has 2 aromatic rings. The fraction of sp³-hybridized carbons (Fsp3) is 0.300. The number of sulfonamides is 1. The highest BCUT2D eigenvalue weighted by atomic mass is 32.2. The van der Waals surface area contributed by atoms with E-state index in [1.165, 1.54) is 13.1 Å². The van der Waals surface area contributed by atoms with Crippen LogP contribution >= 0.6 is 0 Å². The normalized spacial score (nSPS) is 11.8. The minimum atomic E-state index is -3.51. The predicted octanol–water partition coefficient (Wildman–Crippen LogP) is 0.201. The molecule has 0 spiro atoms. The van der Waals surface area contributed by atoms with Gasteiger partial charge in [0, 0.05) is 12.4 Å². The van der Waals surface area contributed by atoms with Crippen LogP contribution in [0.15, 0.2) is 34.0 Å². The number of hydrogen-bond acceptors (Lipinski definition) is 5. The van der Waals surface area contributed by atoms with Crippen LogP contribution in [0.5, 0.6) is 0 Å². The first-order chi connectivity index (χ1) is 8.62. The van der Waals surface area contributed by atoms with E-state index in [4.69, 9.17) is 4.42 Å². The van der Waals surface area contributed by atoms with E-state index in [2.05, 4.69) is 20.0 Å². The maximum Gasteiger partial charge on any atom is 0.273 e. The lowest BCUT2D eigenvalue weighted by Crippen LogP contribution is -2.18. The van der Waals surface area contributed by atoms with Gasteiger partial charge in [-0.3, -0.25) is 0 Å². The number of furan rings is 1. The molecule has 0 aliphatic carbocycles. The van der Waals surface area contributed by atoms with Gasteiger partial charge in [-0.05, 0) is 19.2 Å². The first-order valence-electron chi connectivity index (χ1n) is 5.33. The van der Waals surface area contributed by atoms with Crippen molar-refractivity contribution < 1.29 is 12.8 Å². The van der Waals surface area contributed by atoms with E-state index in [-0.39, 0.29) is 5.09 Å². The second-order valence-electron chi connectivity index (χ2n) is 3.57. The van der Waals surface area contributed by atoms with E-state index in [1.807, 2.05) is 0 Å². The molecule has 0 aliphatic rings. The lowest BCUT2D eigenvalue weighted by Gasteiger charge is -2.00. The molecule has 2 aromatic heterocycles. The third-order valence-corrected chi connectivity index (χ3v) is 3.60. The molecule has 98 valence electrons. The Kier molecular flexibility index (Phi) is 3.80. The number of aromatic nitrogens is 2. The first kappa shape index (κ1) is 12.8. The number of nitrogens with zero attached hydrogens (tertiary/aromatic N) is 1. The van der Waals surface area contributed by atoms with Gasteiger partial charge in [0.15, 0.2) is 0 Å². The Morgan fingerprint density at radius 1 is 1.39 bits per heavy atom. The standard InChI is InChI=1S/C10H14N4O3S/c1-11-18(15,16)10-3-2-8(17-10)6-12-7-9-13-4-5-14-9/h2-5,11-12H,6-7H2,1H3,(H,13,14). The Morgan fingerprint density at radius 3 is 2.89 bits per heavy atom. The van der Waals surface area contributed by atoms with Gasteiger partial charge in [-0.2, -0.15) is 0 Å². The van der Waals surface area contributed by atoms with Crippen molar-refractivity contribution in [1.82, 2.24) is 20.0 Å². The molecule has 2 heterocycles. The van der Waals surface area contributed by atoms with Crippen LogP contribution in [0.25, 0.3) is 0 Å². The predicted molar refractivity (Wildman–Crippen MR) is 64.1 cm³/mol. The van der Waals surface area contributed by atoms with E-state index in [0.29, 0.717) is 18.8 Å². The maximum atomic E-state index is 11.4. The largest absolute Gasteiger partial charge is 0.447 e. The van der Waals surface area contributed by atoms with Crippen LogP contribution in [-0.2, 0) is 23.1 Å². The highest BCUT2D eigenvalue weighted by Crippen LogP contribution is 2.13. The molecule has 0 amide bonds. The van der Waals surface area contributed by atoms with Gasteiger partial charge < -0.3 is 14.7 Å². The molecular weight excluding hydrogens is 256 g/mol. The Hall–Kier alpha value is -1.64. The zero-order valence-corrected chi connectivity index (χ0v) is 10.6. The van der Waals surface area contributed by atoms with Crippen molar-refractivity contribution in [3.05, 3.63) is 36.1 Å². The molecule has 0 atom stereocenters. The molecule has 0 unspecified atom stereocenters. The molecule has 0 saturated carbocycles. The van der Waals surface area contributed by atoms with Gasteiger partial charge in [0.25, 0.3) is 10.0 Å². The van der Waals surface area contributed by atoms with E-state index >= 15 is 0 Å². The summed E-state index contributed by atoms with van der Waals surface area (Å²) >= 11 is 0. The summed E-state index contributed by atoms with van der Waals surface area (Å²) in [6, 6.07) is 3.05. The van der Waals surface area contributed by atoms with Gasteiger partial charge in [-0.25, -0.2) is 18.1 Å². The van der Waals surface area contributed by atoms with Gasteiger partial charge in [0.2, 0.25) is 5.09 Å². The summed E-state index contributed by atoms with van der Waals surface area (Å²) in [4.78, 5) is 7.00. The van der Waals surface area contributed by atoms with Crippen molar-refractivity contribution in [2.75, 3.05) is 7.05 Å². The molecule has 0 aromatic carbocycles. The van der Waals surface area contributed by atoms with Gasteiger partial charge in [-0.1, -0.05) is 0 Å². The third-order valence-electron chi connectivity index (χ3n) is 2.32. The fourth-order valence-corrected chi connectivity index (χ4v) is 2.06. The number of rotatable bonds is 6. The second-order valence-corrected chi connectivity index (χ2v) is 5.39. The zero-order valence-electron chi connectivity index (χ0n) is 9.80. The van der Waals surface area contributed by atoms with Crippen LogP contribution in [0.4, 0.5) is 0 Å². The topological polar surface area (TPSA) is 100 Å². The average molecular weight is 270 g/mol. The molecule has 0 fully saturated rings. The molecule has 18 heavy (non-hydrogen) atoms. The summed E-state index contributed by atoms with van der Waals surface area (Å²) < 4.78 is 30.3. The Labute approximate surface area is 105 Å². The quantitative estimate of drug-likeness (QED) is 0.696. The van der Waals surface area contributed by atoms with E-state index < -0.39 is 10.0 Å². The molecule has 0 bridgehead atoms. The molecule has 2 rings (SSSR count). The van der Waals surface area contributed by atoms with Crippen LogP contribution in [0.1, 0.15) is 11.6 Å². The van der Waals surface area contributed by atoms with Gasteiger partial charge >= 0.3 is 0 Å². The summed E-state index contributed by atoms with van der Waals surface area (Å²) in [5.41, 5.74) is 0. The highest BCUT2D eigenvalue weighted by molar-refractivity contribution is 7.89. The summed E-state index contributed by atoms with van der Waals surface area (Å²) in [7, 11) is -2.17. The van der Waals surface area contributed by atoms with E-state index in [9.17, 15) is 8.42 Å². The van der Waals surface area contributed by atoms with E-state index in [1.54, 1.807) is 18.5 Å². The molecule has 0 aliphatic heterocycles. The smallest absolute Gasteiger partial charge is 0.273 e. The number of nitrogens with one attached hydrogen (secondary N) is 3. The van der Waals surface area contributed by atoms with Gasteiger partial charge in [0.05, 0.1) is 13.1 Å². The van der Waals surface area contributed by atoms with Crippen LogP contribution < -0.4 is 10.0 Å². The maximum absolute atomic E-state index is 11.4. The Morgan fingerprint density at radius 2 is 2.22 bits per heavy atom. The number of H-pyrrole nitrogens is 1. The van der Waals surface area contributed by atoms with Crippen molar-refractivity contribution in [1.29, 1.82) is 0 Å². The Balaban J connectivity index is 1.91. The third kappa shape index (κ3) is 2.97. The fourth-order valence-electron chi connectivity index (χ4n) is 1.40. The molecule has 3 N–H and O–H groups in total. The summed E-state index contributed by atoms with van der Waals surface area (Å²) in [5, 5.41) is 3.00. The molecule has 7 nitrogen and oxygen atoms in total. The molecular formula is C10H14N4O3S. The molecule has 0 saturated heterocycles. The number of aromatic amines is 1. The van der Waals surface area contributed by atoms with Crippen LogP contribution in [0.3, 0.4) is 0 Å². The van der Waals surface area contributed by atoms with Crippen LogP contribution in [0, 0.1) is 0 Å². The van der Waals surface area contributed by atoms with Crippen molar-refractivity contribution in [3.63, 3.8) is 0 Å². The SMILES string of the molecule is CNS(=O)(=O)c1ccc(CNCc2ncc[nH]2)o1. The Bertz CT molecular complexity index is 588. The average Bonchev–Trinajstić information content (AvgIpc) is 3.00. The van der Waals surface area contributed by atoms with Crippen molar-refractivity contribution >= 4 is 10.0 Å². The van der Waals surface area contributed by atoms with Gasteiger partial charge in [0.1, 0.15) is 11.6 Å². The summed E-state index contributed by atoms with van der Waals surface area (Å²) in [6.07, 6.45) is 3.41. The lowest BCUT2D eigenvalue weighted by molar-refractivity contribution is 0.399. The number of imidazole rings is 1. The lowest BCUT2D eigenvalue weighted by atomic mass is 10.4. The first-order valence-corrected chi connectivity index (χ1v) is 6.81. The highest BCUT2D eigenvalue weighted by Gasteiger charge is 2.15. The summed E-state index contributed by atoms with van der Waals surface area (Å²) in [6.45, 7) is 0.988.